The fourth-order valence-electron chi connectivity index (χ4n) is 1.82. The Bertz CT molecular complexity index is 392. The lowest BCUT2D eigenvalue weighted by Crippen LogP contribution is -2.07. The molecule has 1 unspecified atom stereocenters. The van der Waals surface area contributed by atoms with Crippen molar-refractivity contribution in [3.05, 3.63) is 17.6 Å². The van der Waals surface area contributed by atoms with E-state index in [2.05, 4.69) is 9.97 Å². The molecule has 0 N–H and O–H groups in total. The van der Waals surface area contributed by atoms with E-state index >= 15 is 0 Å². The second-order valence-electron chi connectivity index (χ2n) is 3.38. The van der Waals surface area contributed by atoms with Crippen molar-refractivity contribution < 1.29 is 14.3 Å². The van der Waals surface area contributed by atoms with Crippen LogP contribution in [0.25, 0.3) is 0 Å². The average Bonchev–Trinajstić information content (AvgIpc) is 2.61. The topological polar surface area (TPSA) is 61.3 Å². The van der Waals surface area contributed by atoms with E-state index < -0.39 is 0 Å². The van der Waals surface area contributed by atoms with Gasteiger partial charge in [-0.2, -0.15) is 0 Å². The van der Waals surface area contributed by atoms with E-state index in [4.69, 9.17) is 9.47 Å². The van der Waals surface area contributed by atoms with Crippen molar-refractivity contribution in [3.63, 3.8) is 0 Å². The van der Waals surface area contributed by atoms with Crippen molar-refractivity contribution in [2.75, 3.05) is 7.11 Å². The molecule has 0 fully saturated rings. The van der Waals surface area contributed by atoms with Crippen LogP contribution in [-0.4, -0.2) is 23.0 Å². The van der Waals surface area contributed by atoms with Crippen LogP contribution in [0.1, 0.15) is 30.7 Å². The van der Waals surface area contributed by atoms with Crippen LogP contribution < -0.4 is 4.74 Å². The Morgan fingerprint density at radius 3 is 3.00 bits per heavy atom. The Labute approximate surface area is 87.4 Å². The first-order chi connectivity index (χ1) is 7.22. The smallest absolute Gasteiger partial charge is 0.303 e. The Morgan fingerprint density at radius 2 is 2.33 bits per heavy atom. The minimum absolute atomic E-state index is 0.241. The predicted octanol–water partition coefficient (Wildman–Crippen LogP) is 1.04. The number of nitrogens with zero attached hydrogens (tertiary/aromatic N) is 2. The molecule has 15 heavy (non-hydrogen) atoms. The molecular weight excluding hydrogens is 196 g/mol. The number of fused-ring (bicyclic) bond motifs is 1. The Morgan fingerprint density at radius 1 is 1.53 bits per heavy atom. The quantitative estimate of drug-likeness (QED) is 0.679. The van der Waals surface area contributed by atoms with E-state index in [1.165, 1.54) is 13.3 Å². The van der Waals surface area contributed by atoms with Gasteiger partial charge in [0.1, 0.15) is 12.4 Å². The Hall–Kier alpha value is -1.65. The third kappa shape index (κ3) is 1.77. The van der Waals surface area contributed by atoms with Gasteiger partial charge in [0.15, 0.2) is 0 Å². The largest absolute Gasteiger partial charge is 0.481 e. The lowest BCUT2D eigenvalue weighted by atomic mass is 10.2. The van der Waals surface area contributed by atoms with E-state index in [0.29, 0.717) is 5.88 Å². The van der Waals surface area contributed by atoms with E-state index in [1.54, 1.807) is 7.11 Å². The van der Waals surface area contributed by atoms with Gasteiger partial charge < -0.3 is 9.47 Å². The van der Waals surface area contributed by atoms with Crippen LogP contribution in [0.3, 0.4) is 0 Å². The maximum Gasteiger partial charge on any atom is 0.303 e. The third-order valence-corrected chi connectivity index (χ3v) is 2.40. The standard InChI is InChI=1S/C10H12N2O3/c1-6(13)15-8-4-3-7-9(8)11-5-12-10(7)14-2/h5,8H,3-4H2,1-2H3. The van der Waals surface area contributed by atoms with Crippen LogP contribution >= 0.6 is 0 Å². The minimum atomic E-state index is -0.287. The van der Waals surface area contributed by atoms with Crippen molar-refractivity contribution in [2.45, 2.75) is 25.9 Å². The summed E-state index contributed by atoms with van der Waals surface area (Å²) in [5.41, 5.74) is 1.73. The normalized spacial score (nSPS) is 18.4. The van der Waals surface area contributed by atoms with Crippen molar-refractivity contribution in [2.24, 2.45) is 0 Å². The zero-order chi connectivity index (χ0) is 10.8. The van der Waals surface area contributed by atoms with E-state index in [9.17, 15) is 4.79 Å². The number of methoxy groups -OCH3 is 1. The highest BCUT2D eigenvalue weighted by Crippen LogP contribution is 2.36. The van der Waals surface area contributed by atoms with Crippen LogP contribution in [0.5, 0.6) is 5.88 Å². The summed E-state index contributed by atoms with van der Waals surface area (Å²) in [5.74, 6) is 0.292. The highest BCUT2D eigenvalue weighted by molar-refractivity contribution is 5.66. The lowest BCUT2D eigenvalue weighted by Gasteiger charge is -2.10. The third-order valence-electron chi connectivity index (χ3n) is 2.40. The van der Waals surface area contributed by atoms with Crippen LogP contribution in [0.15, 0.2) is 6.33 Å². The van der Waals surface area contributed by atoms with Gasteiger partial charge in [0, 0.05) is 12.5 Å². The highest BCUT2D eigenvalue weighted by atomic mass is 16.5. The Balaban J connectivity index is 2.31. The second-order valence-corrected chi connectivity index (χ2v) is 3.38. The molecule has 1 aromatic rings. The molecule has 1 aromatic heterocycles. The molecule has 0 saturated carbocycles. The predicted molar refractivity (Wildman–Crippen MR) is 51.4 cm³/mol. The summed E-state index contributed by atoms with van der Waals surface area (Å²) in [7, 11) is 1.57. The van der Waals surface area contributed by atoms with Gasteiger partial charge in [-0.05, 0) is 12.8 Å². The second kappa shape index (κ2) is 3.84. The molecule has 0 bridgehead atoms. The number of rotatable bonds is 2. The van der Waals surface area contributed by atoms with E-state index in [-0.39, 0.29) is 12.1 Å². The van der Waals surface area contributed by atoms with Gasteiger partial charge in [-0.1, -0.05) is 0 Å². The van der Waals surface area contributed by atoms with Crippen LogP contribution in [0.4, 0.5) is 0 Å². The number of carbonyl (C=O) groups is 1. The minimum Gasteiger partial charge on any atom is -0.481 e. The number of hydrogen-bond donors (Lipinski definition) is 0. The van der Waals surface area contributed by atoms with Gasteiger partial charge in [0.05, 0.1) is 12.8 Å². The van der Waals surface area contributed by atoms with E-state index in [1.807, 2.05) is 0 Å². The summed E-state index contributed by atoms with van der Waals surface area (Å²) in [6, 6.07) is 0. The van der Waals surface area contributed by atoms with Crippen LogP contribution in [-0.2, 0) is 16.0 Å². The molecule has 0 aliphatic heterocycles. The number of esters is 1. The number of hydrogen-bond acceptors (Lipinski definition) is 5. The molecule has 0 amide bonds. The molecule has 5 heteroatoms. The van der Waals surface area contributed by atoms with Crippen LogP contribution in [0, 0.1) is 0 Å². The van der Waals surface area contributed by atoms with Gasteiger partial charge in [0.2, 0.25) is 5.88 Å². The first kappa shape index (κ1) is 9.89. The summed E-state index contributed by atoms with van der Waals surface area (Å²) in [5, 5.41) is 0. The molecule has 1 heterocycles. The van der Waals surface area contributed by atoms with Crippen LogP contribution in [0.2, 0.25) is 0 Å². The monoisotopic (exact) mass is 208 g/mol. The molecule has 80 valence electrons. The van der Waals surface area contributed by atoms with Gasteiger partial charge >= 0.3 is 5.97 Å². The van der Waals surface area contributed by atoms with Crippen molar-refractivity contribution >= 4 is 5.97 Å². The molecule has 0 spiro atoms. The molecule has 5 nitrogen and oxygen atoms in total. The zero-order valence-electron chi connectivity index (χ0n) is 8.69. The van der Waals surface area contributed by atoms with Crippen molar-refractivity contribution in [3.8, 4) is 5.88 Å². The highest BCUT2D eigenvalue weighted by Gasteiger charge is 2.29. The molecule has 1 aliphatic rings. The molecule has 0 saturated heterocycles. The summed E-state index contributed by atoms with van der Waals surface area (Å²) < 4.78 is 10.3. The molecule has 2 rings (SSSR count). The fourth-order valence-corrected chi connectivity index (χ4v) is 1.82. The lowest BCUT2D eigenvalue weighted by molar-refractivity contribution is -0.146. The average molecular weight is 208 g/mol. The first-order valence-electron chi connectivity index (χ1n) is 4.77. The van der Waals surface area contributed by atoms with Gasteiger partial charge in [-0.15, -0.1) is 0 Å². The fraction of sp³-hybridized carbons (Fsp3) is 0.500. The zero-order valence-corrected chi connectivity index (χ0v) is 8.69. The molecule has 1 aliphatic carbocycles. The maximum atomic E-state index is 10.9. The molecular formula is C10H12N2O3. The van der Waals surface area contributed by atoms with E-state index in [0.717, 1.165) is 24.1 Å². The van der Waals surface area contributed by atoms with Gasteiger partial charge in [0.25, 0.3) is 0 Å². The molecule has 0 aromatic carbocycles. The molecule has 0 radical (unpaired) electrons. The maximum absolute atomic E-state index is 10.9. The Kier molecular flexibility index (Phi) is 2.53. The molecule has 1 atom stereocenters. The van der Waals surface area contributed by atoms with Crippen molar-refractivity contribution in [1.82, 2.24) is 9.97 Å². The summed E-state index contributed by atoms with van der Waals surface area (Å²) in [4.78, 5) is 19.0. The van der Waals surface area contributed by atoms with Gasteiger partial charge in [-0.25, -0.2) is 9.97 Å². The van der Waals surface area contributed by atoms with Crippen molar-refractivity contribution in [1.29, 1.82) is 0 Å². The number of ether oxygens (including phenoxy) is 2. The number of aromatic nitrogens is 2. The summed E-state index contributed by atoms with van der Waals surface area (Å²) in [6.45, 7) is 1.40. The SMILES string of the molecule is COc1ncnc2c1CCC2OC(C)=O. The van der Waals surface area contributed by atoms with Gasteiger partial charge in [-0.3, -0.25) is 4.79 Å². The summed E-state index contributed by atoms with van der Waals surface area (Å²) >= 11 is 0. The summed E-state index contributed by atoms with van der Waals surface area (Å²) in [6.07, 6.45) is 2.73. The first-order valence-corrected chi connectivity index (χ1v) is 4.77. The number of carbonyl (C=O) groups excluding carboxylic acids is 1.